The number of aryl methyl sites for hydroxylation is 1. The first-order valence-electron chi connectivity index (χ1n) is 9.30. The molecule has 2 saturated heterocycles. The van der Waals surface area contributed by atoms with Crippen LogP contribution in [-0.4, -0.2) is 46.9 Å². The number of phenols is 1. The number of nitrogens with one attached hydrogen (secondary N) is 1. The normalized spacial score (nSPS) is 33.3. The molecule has 1 aromatic carbocycles. The Morgan fingerprint density at radius 2 is 2.08 bits per heavy atom. The molecule has 2 aliphatic rings. The highest BCUT2D eigenvalue weighted by molar-refractivity contribution is 5.40. The molecule has 3 rings (SSSR count). The second-order valence-electron chi connectivity index (χ2n) is 8.22. The first kappa shape index (κ1) is 17.7. The molecule has 0 aliphatic carbocycles. The molecule has 0 unspecified atom stereocenters. The summed E-state index contributed by atoms with van der Waals surface area (Å²) in [6.07, 6.45) is 0.964. The van der Waals surface area contributed by atoms with E-state index in [9.17, 15) is 10.2 Å². The van der Waals surface area contributed by atoms with Crippen LogP contribution in [-0.2, 0) is 0 Å². The van der Waals surface area contributed by atoms with E-state index in [0.29, 0.717) is 23.5 Å². The van der Waals surface area contributed by atoms with Crippen LogP contribution in [0.5, 0.6) is 5.75 Å². The van der Waals surface area contributed by atoms with Crippen molar-refractivity contribution in [2.24, 2.45) is 17.8 Å². The third-order valence-corrected chi connectivity index (χ3v) is 6.04. The zero-order chi connectivity index (χ0) is 17.5. The van der Waals surface area contributed by atoms with Gasteiger partial charge in [0.25, 0.3) is 0 Å². The zero-order valence-corrected chi connectivity index (χ0v) is 15.4. The Morgan fingerprint density at radius 3 is 2.71 bits per heavy atom. The minimum Gasteiger partial charge on any atom is -0.508 e. The van der Waals surface area contributed by atoms with E-state index in [0.717, 1.165) is 37.2 Å². The number of rotatable bonds is 5. The zero-order valence-electron chi connectivity index (χ0n) is 15.4. The number of nitrogens with zero attached hydrogens (tertiary/aromatic N) is 1. The maximum atomic E-state index is 10.4. The van der Waals surface area contributed by atoms with Gasteiger partial charge in [0.15, 0.2) is 0 Å². The monoisotopic (exact) mass is 332 g/mol. The Hall–Kier alpha value is -1.10. The van der Waals surface area contributed by atoms with Crippen molar-refractivity contribution < 1.29 is 10.2 Å². The number of hydrogen-bond donors (Lipinski definition) is 3. The summed E-state index contributed by atoms with van der Waals surface area (Å²) >= 11 is 0. The van der Waals surface area contributed by atoms with Gasteiger partial charge < -0.3 is 20.4 Å². The van der Waals surface area contributed by atoms with Crippen LogP contribution in [0.1, 0.15) is 44.4 Å². The van der Waals surface area contributed by atoms with Crippen LogP contribution >= 0.6 is 0 Å². The number of likely N-dealkylation sites (tertiary alicyclic amines) is 1. The van der Waals surface area contributed by atoms with Gasteiger partial charge in [-0.15, -0.1) is 0 Å². The molecule has 2 fully saturated rings. The summed E-state index contributed by atoms with van der Waals surface area (Å²) in [5.41, 5.74) is 1.91. The molecule has 4 heteroatoms. The molecule has 0 bridgehead atoms. The largest absolute Gasteiger partial charge is 0.508 e. The lowest BCUT2D eigenvalue weighted by Gasteiger charge is -2.36. The van der Waals surface area contributed by atoms with Crippen molar-refractivity contribution >= 4 is 0 Å². The molecule has 2 aliphatic heterocycles. The Kier molecular flexibility index (Phi) is 4.92. The molecule has 2 heterocycles. The summed E-state index contributed by atoms with van der Waals surface area (Å²) in [7, 11) is 0. The molecular formula is C20H32N2O2. The molecule has 4 atom stereocenters. The highest BCUT2D eigenvalue weighted by atomic mass is 16.3. The molecule has 24 heavy (non-hydrogen) atoms. The van der Waals surface area contributed by atoms with Gasteiger partial charge in [-0.2, -0.15) is 0 Å². The summed E-state index contributed by atoms with van der Waals surface area (Å²) in [6.45, 7) is 12.0. The third-order valence-electron chi connectivity index (χ3n) is 6.04. The van der Waals surface area contributed by atoms with Gasteiger partial charge in [-0.1, -0.05) is 38.5 Å². The van der Waals surface area contributed by atoms with E-state index in [4.69, 9.17) is 0 Å². The first-order chi connectivity index (χ1) is 11.4. The lowest BCUT2D eigenvalue weighted by atomic mass is 9.76. The van der Waals surface area contributed by atoms with Gasteiger partial charge >= 0.3 is 0 Å². The highest BCUT2D eigenvalue weighted by Gasteiger charge is 2.56. The van der Waals surface area contributed by atoms with Gasteiger partial charge in [-0.3, -0.25) is 0 Å². The molecule has 1 aromatic rings. The van der Waals surface area contributed by atoms with Crippen molar-refractivity contribution in [3.63, 3.8) is 0 Å². The van der Waals surface area contributed by atoms with Crippen molar-refractivity contribution in [1.82, 2.24) is 10.2 Å². The number of aromatic hydroxyl groups is 1. The number of phenolic OH excluding ortho intramolecular Hbond substituents is 1. The number of fused-ring (bicyclic) bond motifs is 1. The van der Waals surface area contributed by atoms with E-state index in [-0.39, 0.29) is 18.2 Å². The molecule has 134 valence electrons. The van der Waals surface area contributed by atoms with Crippen LogP contribution in [0.15, 0.2) is 18.2 Å². The Bertz CT molecular complexity index is 589. The van der Waals surface area contributed by atoms with Crippen LogP contribution in [0, 0.1) is 24.7 Å². The van der Waals surface area contributed by atoms with Gasteiger partial charge in [0, 0.05) is 30.2 Å². The summed E-state index contributed by atoms with van der Waals surface area (Å²) < 4.78 is 0. The lowest BCUT2D eigenvalue weighted by molar-refractivity contribution is 0.107. The summed E-state index contributed by atoms with van der Waals surface area (Å²) in [4.78, 5) is 2.49. The predicted molar refractivity (Wildman–Crippen MR) is 97.1 cm³/mol. The SMILES string of the molecule is CCN1C[C@H]2[C@@H](c3cc(C)ccc3O)N[C@](CO)(CC(C)C)[C@H]2C1. The minimum absolute atomic E-state index is 0.109. The third kappa shape index (κ3) is 2.96. The van der Waals surface area contributed by atoms with Gasteiger partial charge in [0.05, 0.1) is 6.61 Å². The topological polar surface area (TPSA) is 55.7 Å². The Morgan fingerprint density at radius 1 is 1.33 bits per heavy atom. The second-order valence-corrected chi connectivity index (χ2v) is 8.22. The van der Waals surface area contributed by atoms with Crippen molar-refractivity contribution in [3.8, 4) is 5.75 Å². The van der Waals surface area contributed by atoms with Crippen LogP contribution in [0.2, 0.25) is 0 Å². The summed E-state index contributed by atoms with van der Waals surface area (Å²) in [6, 6.07) is 5.96. The fraction of sp³-hybridized carbons (Fsp3) is 0.700. The molecule has 0 saturated carbocycles. The van der Waals surface area contributed by atoms with Gasteiger partial charge in [0.2, 0.25) is 0 Å². The highest BCUT2D eigenvalue weighted by Crippen LogP contribution is 2.50. The van der Waals surface area contributed by atoms with E-state index in [2.05, 4.69) is 44.0 Å². The molecule has 0 amide bonds. The Labute approximate surface area is 145 Å². The molecular weight excluding hydrogens is 300 g/mol. The minimum atomic E-state index is -0.246. The van der Waals surface area contributed by atoms with Crippen LogP contribution in [0.3, 0.4) is 0 Å². The van der Waals surface area contributed by atoms with E-state index < -0.39 is 0 Å². The van der Waals surface area contributed by atoms with Crippen molar-refractivity contribution in [2.75, 3.05) is 26.2 Å². The molecule has 0 radical (unpaired) electrons. The average Bonchev–Trinajstić information content (AvgIpc) is 3.08. The quantitative estimate of drug-likeness (QED) is 0.776. The van der Waals surface area contributed by atoms with E-state index >= 15 is 0 Å². The Balaban J connectivity index is 2.00. The van der Waals surface area contributed by atoms with E-state index in [1.807, 2.05) is 6.07 Å². The molecule has 0 aromatic heterocycles. The molecule has 3 N–H and O–H groups in total. The van der Waals surface area contributed by atoms with Crippen molar-refractivity contribution in [3.05, 3.63) is 29.3 Å². The second kappa shape index (κ2) is 6.66. The molecule has 4 nitrogen and oxygen atoms in total. The number of hydrogen-bond acceptors (Lipinski definition) is 4. The fourth-order valence-corrected chi connectivity index (χ4v) is 5.02. The average molecular weight is 332 g/mol. The van der Waals surface area contributed by atoms with Crippen molar-refractivity contribution in [1.29, 1.82) is 0 Å². The molecule has 0 spiro atoms. The smallest absolute Gasteiger partial charge is 0.120 e. The summed E-state index contributed by atoms with van der Waals surface area (Å²) in [5.74, 6) is 1.74. The first-order valence-corrected chi connectivity index (χ1v) is 9.30. The maximum absolute atomic E-state index is 10.4. The lowest BCUT2D eigenvalue weighted by Crippen LogP contribution is -2.51. The van der Waals surface area contributed by atoms with Gasteiger partial charge in [-0.05, 0) is 43.7 Å². The number of aliphatic hydroxyl groups is 1. The van der Waals surface area contributed by atoms with Crippen LogP contribution < -0.4 is 5.32 Å². The van der Waals surface area contributed by atoms with Crippen molar-refractivity contribution in [2.45, 2.75) is 45.7 Å². The van der Waals surface area contributed by atoms with E-state index in [1.54, 1.807) is 6.07 Å². The maximum Gasteiger partial charge on any atom is 0.120 e. The standard InChI is InChI=1S/C20H32N2O2/c1-5-22-10-16-17(11-22)20(12-23,9-13(2)3)21-19(16)15-8-14(4)6-7-18(15)24/h6-8,13,16-17,19,21,23-24H,5,9-12H2,1-4H3/t16-,17+,19-,20+/m1/s1. The summed E-state index contributed by atoms with van der Waals surface area (Å²) in [5, 5.41) is 24.5. The van der Waals surface area contributed by atoms with Gasteiger partial charge in [-0.25, -0.2) is 0 Å². The fourth-order valence-electron chi connectivity index (χ4n) is 5.02. The van der Waals surface area contributed by atoms with Crippen LogP contribution in [0.25, 0.3) is 0 Å². The van der Waals surface area contributed by atoms with Gasteiger partial charge in [0.1, 0.15) is 5.75 Å². The van der Waals surface area contributed by atoms with E-state index in [1.165, 1.54) is 0 Å². The van der Waals surface area contributed by atoms with Crippen LogP contribution in [0.4, 0.5) is 0 Å². The number of aliphatic hydroxyl groups excluding tert-OH is 1. The predicted octanol–water partition coefficient (Wildman–Crippen LogP) is 2.69. The number of benzene rings is 1.